The number of rotatable bonds is 7. The standard InChI is InChI=1S/C27H30N2O5/c1-17-13-21-24(34-17)16-27(30,29-12-11-28-26(21)29)20-9-7-18(8-10-20)5-6-19-14-22(31-2)25(33-4)23(15-19)32-3/h7-10,13-15,30H,5-6,11-12,16H2,1-4H3. The number of fused-ring (bicyclic) bond motifs is 3. The molecule has 2 aliphatic heterocycles. The van der Waals surface area contributed by atoms with Crippen LogP contribution in [0.15, 0.2) is 51.9 Å². The highest BCUT2D eigenvalue weighted by Gasteiger charge is 2.46. The van der Waals surface area contributed by atoms with E-state index in [9.17, 15) is 5.11 Å². The van der Waals surface area contributed by atoms with Crippen LogP contribution in [0, 0.1) is 6.92 Å². The Bertz CT molecular complexity index is 1210. The van der Waals surface area contributed by atoms with Crippen molar-refractivity contribution in [1.82, 2.24) is 4.90 Å². The number of furan rings is 1. The van der Waals surface area contributed by atoms with Crippen molar-refractivity contribution in [2.45, 2.75) is 31.9 Å². The highest BCUT2D eigenvalue weighted by atomic mass is 16.5. The van der Waals surface area contributed by atoms with Gasteiger partial charge < -0.3 is 28.6 Å². The first kappa shape index (κ1) is 22.3. The smallest absolute Gasteiger partial charge is 0.203 e. The van der Waals surface area contributed by atoms with Gasteiger partial charge in [0.1, 0.15) is 17.4 Å². The van der Waals surface area contributed by atoms with Crippen molar-refractivity contribution in [2.24, 2.45) is 4.99 Å². The molecular formula is C27H30N2O5. The number of methoxy groups -OCH3 is 3. The van der Waals surface area contributed by atoms with Crippen molar-refractivity contribution in [3.8, 4) is 17.2 Å². The number of hydrogen-bond donors (Lipinski definition) is 1. The molecule has 0 bridgehead atoms. The molecule has 5 rings (SSSR count). The molecule has 178 valence electrons. The second-order valence-electron chi connectivity index (χ2n) is 8.77. The summed E-state index contributed by atoms with van der Waals surface area (Å²) in [6, 6.07) is 14.2. The summed E-state index contributed by atoms with van der Waals surface area (Å²) in [6.07, 6.45) is 2.06. The molecule has 3 aromatic rings. The summed E-state index contributed by atoms with van der Waals surface area (Å²) in [5, 5.41) is 11.8. The summed E-state index contributed by atoms with van der Waals surface area (Å²) in [5.74, 6) is 4.37. The Kier molecular flexibility index (Phi) is 5.73. The van der Waals surface area contributed by atoms with Gasteiger partial charge in [0.15, 0.2) is 17.2 Å². The predicted octanol–water partition coefficient (Wildman–Crippen LogP) is 3.86. The van der Waals surface area contributed by atoms with Gasteiger partial charge in [0.25, 0.3) is 0 Å². The summed E-state index contributed by atoms with van der Waals surface area (Å²) >= 11 is 0. The van der Waals surface area contributed by atoms with Crippen LogP contribution in [0.1, 0.15) is 33.8 Å². The lowest BCUT2D eigenvalue weighted by Gasteiger charge is -2.42. The monoisotopic (exact) mass is 462 g/mol. The molecule has 7 heteroatoms. The summed E-state index contributed by atoms with van der Waals surface area (Å²) in [7, 11) is 4.85. The fourth-order valence-corrected chi connectivity index (χ4v) is 5.00. The van der Waals surface area contributed by atoms with E-state index in [1.54, 1.807) is 21.3 Å². The van der Waals surface area contributed by atoms with Crippen LogP contribution in [-0.4, -0.2) is 50.3 Å². The van der Waals surface area contributed by atoms with Gasteiger partial charge in [-0.25, -0.2) is 0 Å². The van der Waals surface area contributed by atoms with Gasteiger partial charge in [0.05, 0.1) is 39.9 Å². The molecule has 1 N–H and O–H groups in total. The van der Waals surface area contributed by atoms with E-state index in [-0.39, 0.29) is 0 Å². The number of hydrogen-bond acceptors (Lipinski definition) is 7. The fraction of sp³-hybridized carbons (Fsp3) is 0.370. The molecule has 0 saturated heterocycles. The van der Waals surface area contributed by atoms with Crippen molar-refractivity contribution in [2.75, 3.05) is 34.4 Å². The number of nitrogens with zero attached hydrogens (tertiary/aromatic N) is 2. The highest BCUT2D eigenvalue weighted by Crippen LogP contribution is 2.40. The zero-order valence-corrected chi connectivity index (χ0v) is 20.1. The molecule has 0 amide bonds. The van der Waals surface area contributed by atoms with E-state index in [1.165, 1.54) is 5.56 Å². The van der Waals surface area contributed by atoms with Gasteiger partial charge in [0.2, 0.25) is 5.75 Å². The maximum Gasteiger partial charge on any atom is 0.203 e. The van der Waals surface area contributed by atoms with E-state index < -0.39 is 5.72 Å². The molecule has 1 unspecified atom stereocenters. The highest BCUT2D eigenvalue weighted by molar-refractivity contribution is 6.02. The molecule has 34 heavy (non-hydrogen) atoms. The second kappa shape index (κ2) is 8.72. The Hall–Kier alpha value is -3.45. The fourth-order valence-electron chi connectivity index (χ4n) is 5.00. The first-order valence-corrected chi connectivity index (χ1v) is 11.5. The van der Waals surface area contributed by atoms with Gasteiger partial charge in [-0.3, -0.25) is 4.99 Å². The quantitative estimate of drug-likeness (QED) is 0.575. The van der Waals surface area contributed by atoms with Crippen LogP contribution in [0.3, 0.4) is 0 Å². The minimum Gasteiger partial charge on any atom is -0.493 e. The van der Waals surface area contributed by atoms with E-state index >= 15 is 0 Å². The SMILES string of the molecule is COc1cc(CCc2ccc(C3(O)Cc4oc(C)cc4C4=NCCN43)cc2)cc(OC)c1OC. The Morgan fingerprint density at radius 1 is 0.971 bits per heavy atom. The zero-order valence-electron chi connectivity index (χ0n) is 20.1. The number of amidine groups is 1. The Morgan fingerprint density at radius 2 is 1.65 bits per heavy atom. The lowest BCUT2D eigenvalue weighted by molar-refractivity contribution is -0.0783. The van der Waals surface area contributed by atoms with E-state index in [2.05, 4.69) is 17.1 Å². The summed E-state index contributed by atoms with van der Waals surface area (Å²) in [4.78, 5) is 6.66. The lowest BCUT2D eigenvalue weighted by Crippen LogP contribution is -2.52. The summed E-state index contributed by atoms with van der Waals surface area (Å²) < 4.78 is 22.3. The lowest BCUT2D eigenvalue weighted by atomic mass is 9.89. The third kappa shape index (κ3) is 3.70. The summed E-state index contributed by atoms with van der Waals surface area (Å²) in [6.45, 7) is 3.30. The largest absolute Gasteiger partial charge is 0.493 e. The van der Waals surface area contributed by atoms with E-state index in [0.717, 1.165) is 46.9 Å². The molecule has 3 heterocycles. The van der Waals surface area contributed by atoms with Crippen molar-refractivity contribution in [3.05, 3.63) is 76.2 Å². The van der Waals surface area contributed by atoms with Crippen LogP contribution in [0.2, 0.25) is 0 Å². The van der Waals surface area contributed by atoms with Crippen LogP contribution in [0.25, 0.3) is 0 Å². The van der Waals surface area contributed by atoms with Gasteiger partial charge in [0, 0.05) is 12.1 Å². The van der Waals surface area contributed by atoms with Crippen LogP contribution < -0.4 is 14.2 Å². The van der Waals surface area contributed by atoms with Gasteiger partial charge in [-0.05, 0) is 49.1 Å². The third-order valence-electron chi connectivity index (χ3n) is 6.71. The van der Waals surface area contributed by atoms with Gasteiger partial charge in [-0.1, -0.05) is 24.3 Å². The third-order valence-corrected chi connectivity index (χ3v) is 6.71. The van der Waals surface area contributed by atoms with Gasteiger partial charge >= 0.3 is 0 Å². The number of benzene rings is 2. The summed E-state index contributed by atoms with van der Waals surface area (Å²) in [5.41, 5.74) is 2.96. The molecule has 0 saturated carbocycles. The maximum absolute atomic E-state index is 11.8. The Balaban J connectivity index is 1.35. The zero-order chi connectivity index (χ0) is 23.9. The Morgan fingerprint density at radius 3 is 2.29 bits per heavy atom. The minimum absolute atomic E-state index is 0.403. The van der Waals surface area contributed by atoms with E-state index in [1.807, 2.05) is 42.2 Å². The van der Waals surface area contributed by atoms with Crippen LogP contribution in [-0.2, 0) is 25.0 Å². The Labute approximate surface area is 199 Å². The minimum atomic E-state index is -1.16. The van der Waals surface area contributed by atoms with Crippen molar-refractivity contribution in [1.29, 1.82) is 0 Å². The van der Waals surface area contributed by atoms with Gasteiger partial charge in [-0.2, -0.15) is 0 Å². The van der Waals surface area contributed by atoms with Crippen molar-refractivity contribution < 1.29 is 23.7 Å². The molecule has 2 aliphatic rings. The van der Waals surface area contributed by atoms with E-state index in [0.29, 0.717) is 36.8 Å². The number of aliphatic imine (C=N–C) groups is 1. The van der Waals surface area contributed by atoms with Crippen molar-refractivity contribution in [3.63, 3.8) is 0 Å². The van der Waals surface area contributed by atoms with E-state index in [4.69, 9.17) is 18.6 Å². The van der Waals surface area contributed by atoms with Crippen LogP contribution in [0.4, 0.5) is 0 Å². The first-order chi connectivity index (χ1) is 16.5. The molecule has 7 nitrogen and oxygen atoms in total. The average Bonchev–Trinajstić information content (AvgIpc) is 3.49. The normalized spacial score (nSPS) is 18.9. The van der Waals surface area contributed by atoms with Crippen LogP contribution in [0.5, 0.6) is 17.2 Å². The maximum atomic E-state index is 11.8. The average molecular weight is 463 g/mol. The first-order valence-electron chi connectivity index (χ1n) is 11.5. The number of aryl methyl sites for hydroxylation is 3. The molecular weight excluding hydrogens is 432 g/mol. The van der Waals surface area contributed by atoms with Crippen LogP contribution >= 0.6 is 0 Å². The molecule has 0 spiro atoms. The molecule has 0 fully saturated rings. The number of aliphatic hydroxyl groups is 1. The number of ether oxygens (including phenoxy) is 3. The molecule has 0 aliphatic carbocycles. The topological polar surface area (TPSA) is 76.7 Å². The molecule has 1 aromatic heterocycles. The predicted molar refractivity (Wildman–Crippen MR) is 129 cm³/mol. The second-order valence-corrected chi connectivity index (χ2v) is 8.77. The molecule has 1 atom stereocenters. The van der Waals surface area contributed by atoms with Crippen molar-refractivity contribution >= 4 is 5.84 Å². The van der Waals surface area contributed by atoms with Gasteiger partial charge in [-0.15, -0.1) is 0 Å². The molecule has 0 radical (unpaired) electrons. The molecule has 2 aromatic carbocycles.